The van der Waals surface area contributed by atoms with Crippen LogP contribution in [0.25, 0.3) is 0 Å². The molecule has 0 radical (unpaired) electrons. The van der Waals surface area contributed by atoms with Crippen molar-refractivity contribution < 1.29 is 4.79 Å². The quantitative estimate of drug-likeness (QED) is 0.884. The predicted octanol–water partition coefficient (Wildman–Crippen LogP) is 3.74. The first-order valence-corrected chi connectivity index (χ1v) is 7.89. The van der Waals surface area contributed by atoms with E-state index in [1.165, 1.54) is 11.3 Å². The highest BCUT2D eigenvalue weighted by molar-refractivity contribution is 7.14. The first kappa shape index (κ1) is 15.4. The monoisotopic (exact) mass is 303 g/mol. The second-order valence-corrected chi connectivity index (χ2v) is 6.05. The van der Waals surface area contributed by atoms with Crippen LogP contribution in [0.4, 0.5) is 17.1 Å². The maximum Gasteiger partial charge on any atom is 0.265 e. The molecule has 0 unspecified atom stereocenters. The van der Waals surface area contributed by atoms with Crippen LogP contribution >= 0.6 is 11.3 Å². The highest BCUT2D eigenvalue weighted by Crippen LogP contribution is 2.25. The third-order valence-corrected chi connectivity index (χ3v) is 4.50. The number of aryl methyl sites for hydroxylation is 1. The van der Waals surface area contributed by atoms with E-state index in [4.69, 9.17) is 5.73 Å². The minimum atomic E-state index is -0.115. The molecule has 0 spiro atoms. The Kier molecular flexibility index (Phi) is 4.85. The van der Waals surface area contributed by atoms with Gasteiger partial charge in [-0.15, -0.1) is 11.3 Å². The smallest absolute Gasteiger partial charge is 0.265 e. The number of carbonyl (C=O) groups excluding carboxylic acids is 1. The summed E-state index contributed by atoms with van der Waals surface area (Å²) in [6, 6.07) is 9.62. The summed E-state index contributed by atoms with van der Waals surface area (Å²) in [5, 5.41) is 2.90. The lowest BCUT2D eigenvalue weighted by molar-refractivity contribution is 0.103. The summed E-state index contributed by atoms with van der Waals surface area (Å²) < 4.78 is 0. The molecule has 5 heteroatoms. The van der Waals surface area contributed by atoms with Crippen molar-refractivity contribution in [2.75, 3.05) is 29.0 Å². The molecule has 2 aromatic rings. The largest absolute Gasteiger partial charge is 0.398 e. The van der Waals surface area contributed by atoms with Crippen LogP contribution in [0.5, 0.6) is 0 Å². The average Bonchev–Trinajstić information content (AvgIpc) is 2.82. The van der Waals surface area contributed by atoms with Crippen molar-refractivity contribution in [1.82, 2.24) is 0 Å². The first-order valence-electron chi connectivity index (χ1n) is 7.07. The van der Waals surface area contributed by atoms with Gasteiger partial charge < -0.3 is 16.0 Å². The Balaban J connectivity index is 2.08. The molecule has 21 heavy (non-hydrogen) atoms. The molecule has 0 saturated carbocycles. The van der Waals surface area contributed by atoms with Gasteiger partial charge in [0.15, 0.2) is 0 Å². The fourth-order valence-corrected chi connectivity index (χ4v) is 2.98. The molecule has 2 rings (SSSR count). The van der Waals surface area contributed by atoms with Crippen molar-refractivity contribution in [3.8, 4) is 0 Å². The van der Waals surface area contributed by atoms with Crippen LogP contribution in [-0.2, 0) is 0 Å². The van der Waals surface area contributed by atoms with E-state index < -0.39 is 0 Å². The maximum atomic E-state index is 12.1. The fraction of sp³-hybridized carbons (Fsp3) is 0.312. The van der Waals surface area contributed by atoms with E-state index in [9.17, 15) is 4.79 Å². The van der Waals surface area contributed by atoms with Gasteiger partial charge in [0.05, 0.1) is 4.88 Å². The highest BCUT2D eigenvalue weighted by Gasteiger charge is 2.11. The van der Waals surface area contributed by atoms with Crippen molar-refractivity contribution in [3.05, 3.63) is 40.1 Å². The number of rotatable bonds is 5. The average molecular weight is 303 g/mol. The summed E-state index contributed by atoms with van der Waals surface area (Å²) in [5.41, 5.74) is 8.40. The zero-order chi connectivity index (χ0) is 15.4. The lowest BCUT2D eigenvalue weighted by Gasteiger charge is -2.21. The molecule has 1 heterocycles. The molecule has 1 aromatic carbocycles. The number of nitrogens with two attached hydrogens (primary N) is 1. The second kappa shape index (κ2) is 6.63. The van der Waals surface area contributed by atoms with Gasteiger partial charge in [0.25, 0.3) is 5.91 Å². The van der Waals surface area contributed by atoms with Crippen molar-refractivity contribution in [1.29, 1.82) is 0 Å². The number of nitrogens with zero attached hydrogens (tertiary/aromatic N) is 1. The number of hydrogen-bond donors (Lipinski definition) is 2. The van der Waals surface area contributed by atoms with Crippen molar-refractivity contribution in [3.63, 3.8) is 0 Å². The Morgan fingerprint density at radius 2 is 1.86 bits per heavy atom. The Morgan fingerprint density at radius 3 is 2.33 bits per heavy atom. The zero-order valence-electron chi connectivity index (χ0n) is 12.6. The van der Waals surface area contributed by atoms with E-state index in [0.29, 0.717) is 10.6 Å². The van der Waals surface area contributed by atoms with Gasteiger partial charge in [-0.1, -0.05) is 0 Å². The number of anilines is 3. The van der Waals surface area contributed by atoms with Crippen LogP contribution in [0.1, 0.15) is 28.4 Å². The van der Waals surface area contributed by atoms with Crippen LogP contribution in [-0.4, -0.2) is 19.0 Å². The Bertz CT molecular complexity index is 595. The highest BCUT2D eigenvalue weighted by atomic mass is 32.1. The zero-order valence-corrected chi connectivity index (χ0v) is 13.5. The van der Waals surface area contributed by atoms with Gasteiger partial charge in [-0.25, -0.2) is 0 Å². The standard InChI is InChI=1S/C16H21N3OS/c1-4-19(5-2)13-8-6-12(7-9-13)18-16(20)15-10-14(17)11(3)21-15/h6-10H,4-5,17H2,1-3H3,(H,18,20). The molecule has 0 atom stereocenters. The van der Waals surface area contributed by atoms with Crippen LogP contribution in [0.2, 0.25) is 0 Å². The number of nitrogen functional groups attached to an aromatic ring is 1. The fourth-order valence-electron chi connectivity index (χ4n) is 2.15. The number of amides is 1. The third kappa shape index (κ3) is 3.55. The van der Waals surface area contributed by atoms with Crippen LogP contribution in [0, 0.1) is 6.92 Å². The molecule has 0 aliphatic rings. The Labute approximate surface area is 129 Å². The SMILES string of the molecule is CCN(CC)c1ccc(NC(=O)c2cc(N)c(C)s2)cc1. The van der Waals surface area contributed by atoms with E-state index in [-0.39, 0.29) is 5.91 Å². The van der Waals surface area contributed by atoms with Gasteiger partial charge in [-0.2, -0.15) is 0 Å². The van der Waals surface area contributed by atoms with Gasteiger partial charge >= 0.3 is 0 Å². The van der Waals surface area contributed by atoms with E-state index in [1.54, 1.807) is 6.07 Å². The number of nitrogens with one attached hydrogen (secondary N) is 1. The molecule has 0 saturated heterocycles. The van der Waals surface area contributed by atoms with Crippen LogP contribution in [0.3, 0.4) is 0 Å². The topological polar surface area (TPSA) is 58.4 Å². The molecule has 0 aliphatic carbocycles. The second-order valence-electron chi connectivity index (χ2n) is 4.80. The van der Waals surface area contributed by atoms with Crippen LogP contribution < -0.4 is 16.0 Å². The van der Waals surface area contributed by atoms with Crippen LogP contribution in [0.15, 0.2) is 30.3 Å². The summed E-state index contributed by atoms with van der Waals surface area (Å²) in [4.78, 5) is 16.0. The molecule has 1 aromatic heterocycles. The third-order valence-electron chi connectivity index (χ3n) is 3.43. The summed E-state index contributed by atoms with van der Waals surface area (Å²) in [6.45, 7) is 8.10. The van der Waals surface area contributed by atoms with Crippen molar-refractivity contribution in [2.24, 2.45) is 0 Å². The molecular weight excluding hydrogens is 282 g/mol. The molecule has 1 amide bonds. The molecule has 0 aliphatic heterocycles. The molecule has 3 N–H and O–H groups in total. The van der Waals surface area contributed by atoms with E-state index in [1.807, 2.05) is 31.2 Å². The Hall–Kier alpha value is -2.01. The summed E-state index contributed by atoms with van der Waals surface area (Å²) in [5.74, 6) is -0.115. The van der Waals surface area contributed by atoms with Gasteiger partial charge in [0.1, 0.15) is 0 Å². The molecular formula is C16H21N3OS. The Morgan fingerprint density at radius 1 is 1.24 bits per heavy atom. The lowest BCUT2D eigenvalue weighted by atomic mass is 10.2. The number of thiophene rings is 1. The van der Waals surface area contributed by atoms with E-state index in [2.05, 4.69) is 24.1 Å². The minimum Gasteiger partial charge on any atom is -0.398 e. The summed E-state index contributed by atoms with van der Waals surface area (Å²) in [6.07, 6.45) is 0. The van der Waals surface area contributed by atoms with Gasteiger partial charge in [0.2, 0.25) is 0 Å². The molecule has 0 bridgehead atoms. The lowest BCUT2D eigenvalue weighted by Crippen LogP contribution is -2.21. The van der Waals surface area contributed by atoms with Gasteiger partial charge in [-0.3, -0.25) is 4.79 Å². The van der Waals surface area contributed by atoms with E-state index >= 15 is 0 Å². The molecule has 0 fully saturated rings. The molecule has 4 nitrogen and oxygen atoms in total. The van der Waals surface area contributed by atoms with Crippen molar-refractivity contribution >= 4 is 34.3 Å². The first-order chi connectivity index (χ1) is 10.0. The maximum absolute atomic E-state index is 12.1. The van der Waals surface area contributed by atoms with Gasteiger partial charge in [0, 0.05) is 35.0 Å². The van der Waals surface area contributed by atoms with E-state index in [0.717, 1.165) is 29.3 Å². The predicted molar refractivity (Wildman–Crippen MR) is 91.4 cm³/mol. The number of carbonyl (C=O) groups is 1. The minimum absolute atomic E-state index is 0.115. The van der Waals surface area contributed by atoms with Crippen molar-refractivity contribution in [2.45, 2.75) is 20.8 Å². The summed E-state index contributed by atoms with van der Waals surface area (Å²) >= 11 is 1.41. The summed E-state index contributed by atoms with van der Waals surface area (Å²) in [7, 11) is 0. The van der Waals surface area contributed by atoms with Gasteiger partial charge in [-0.05, 0) is 51.1 Å². The number of hydrogen-bond acceptors (Lipinski definition) is 4. The molecule has 112 valence electrons. The number of benzene rings is 1. The normalized spacial score (nSPS) is 10.4.